The van der Waals surface area contributed by atoms with Crippen molar-refractivity contribution in [2.24, 2.45) is 23.5 Å². The molecule has 0 bridgehead atoms. The number of nitrogens with two attached hydrogens (primary N) is 1. The number of fused-ring (bicyclic) bond motifs is 15. The first-order valence-corrected chi connectivity index (χ1v) is 22.8. The van der Waals surface area contributed by atoms with E-state index in [0.29, 0.717) is 35.6 Å². The number of H-pyrrole nitrogens is 1. The van der Waals surface area contributed by atoms with Gasteiger partial charge in [-0.1, -0.05) is 128 Å². The average Bonchev–Trinajstić information content (AvgIpc) is 3.62. The van der Waals surface area contributed by atoms with Crippen LogP contribution in [-0.2, 0) is 5.41 Å². The van der Waals surface area contributed by atoms with Crippen LogP contribution in [0.25, 0.3) is 33.1 Å². The second-order valence-electron chi connectivity index (χ2n) is 18.7. The monoisotopic (exact) mass is 780 g/mol. The number of aromatic nitrogens is 2. The Morgan fingerprint density at radius 2 is 1.58 bits per heavy atom. The minimum atomic E-state index is -0.317. The summed E-state index contributed by atoms with van der Waals surface area (Å²) in [7, 11) is 0. The van der Waals surface area contributed by atoms with Crippen molar-refractivity contribution >= 4 is 27.6 Å². The van der Waals surface area contributed by atoms with Crippen LogP contribution in [-0.4, -0.2) is 15.6 Å². The molecule has 7 aliphatic rings. The molecule has 6 atom stereocenters. The summed E-state index contributed by atoms with van der Waals surface area (Å²) in [6, 6.07) is 38.0. The fourth-order valence-electron chi connectivity index (χ4n) is 13.2. The Morgan fingerprint density at radius 3 is 2.32 bits per heavy atom. The highest BCUT2D eigenvalue weighted by molar-refractivity contribution is 6.12. The van der Waals surface area contributed by atoms with Gasteiger partial charge in [0.2, 0.25) is 0 Å². The summed E-state index contributed by atoms with van der Waals surface area (Å²) in [5.41, 5.74) is 24.1. The van der Waals surface area contributed by atoms with Gasteiger partial charge in [-0.3, -0.25) is 0 Å². The molecular weight excluding hydrogens is 729 g/mol. The number of aromatic amines is 1. The zero-order valence-corrected chi connectivity index (χ0v) is 34.4. The molecular formula is C56H52N4. The smallest absolute Gasteiger partial charge is 0.119 e. The summed E-state index contributed by atoms with van der Waals surface area (Å²) < 4.78 is 2.66. The van der Waals surface area contributed by atoms with E-state index < -0.39 is 0 Å². The summed E-state index contributed by atoms with van der Waals surface area (Å²) in [5.74, 6) is 2.56. The fourth-order valence-corrected chi connectivity index (χ4v) is 13.2. The van der Waals surface area contributed by atoms with Crippen LogP contribution in [0.3, 0.4) is 0 Å². The van der Waals surface area contributed by atoms with Gasteiger partial charge in [-0.15, -0.1) is 0 Å². The van der Waals surface area contributed by atoms with E-state index >= 15 is 0 Å². The molecule has 6 aromatic rings. The molecule has 1 fully saturated rings. The molecule has 6 unspecified atom stereocenters. The maximum atomic E-state index is 6.13. The number of rotatable bonds is 6. The Kier molecular flexibility index (Phi) is 7.54. The van der Waals surface area contributed by atoms with Crippen LogP contribution in [0, 0.1) is 17.8 Å². The zero-order valence-electron chi connectivity index (χ0n) is 34.4. The molecule has 1 spiro atoms. The molecule has 13 rings (SSSR count). The first-order valence-electron chi connectivity index (χ1n) is 22.8. The van der Waals surface area contributed by atoms with Gasteiger partial charge < -0.3 is 20.2 Å². The van der Waals surface area contributed by atoms with E-state index in [1.54, 1.807) is 11.8 Å². The van der Waals surface area contributed by atoms with E-state index in [2.05, 4.69) is 167 Å². The second-order valence-corrected chi connectivity index (χ2v) is 18.7. The van der Waals surface area contributed by atoms with Gasteiger partial charge in [0.1, 0.15) is 5.65 Å². The molecule has 6 aliphatic carbocycles. The molecule has 60 heavy (non-hydrogen) atoms. The number of nitrogens with zero attached hydrogens (tertiary/aromatic N) is 2. The lowest BCUT2D eigenvalue weighted by Gasteiger charge is -2.36. The number of para-hydroxylation sites is 1. The summed E-state index contributed by atoms with van der Waals surface area (Å²) in [6.45, 7) is 2.33. The Morgan fingerprint density at radius 1 is 0.817 bits per heavy atom. The molecule has 296 valence electrons. The van der Waals surface area contributed by atoms with E-state index in [4.69, 9.17) is 5.73 Å². The normalized spacial score (nSPS) is 26.9. The molecule has 0 radical (unpaired) electrons. The standard InChI is InChI=1S/C56H52N4/c1-2-34-19-30-44-50(33-34)59(49(31-32-57)51(44)37-20-21-37)38-26-22-35(23-27-38)36-24-28-39(29-25-36)60-48-18-10-6-14-43(48)52-53-54(58-55(52)60)42-13-5-9-17-47(42)56(53)45-15-7-3-11-40(45)41-12-4-8-16-46(41)56/h3-12,14-19,22-24,26-28,30-32,34,36-37,39,42,44,50,58H,2,13,20-21,25,29,33,57H2,1H3/b32-31-. The third-order valence-corrected chi connectivity index (χ3v) is 15.8. The summed E-state index contributed by atoms with van der Waals surface area (Å²) in [5, 5.41) is 2.76. The number of nitrogens with one attached hydrogen (secondary N) is 1. The molecule has 1 saturated carbocycles. The van der Waals surface area contributed by atoms with Gasteiger partial charge in [-0.05, 0) is 126 Å². The van der Waals surface area contributed by atoms with Crippen molar-refractivity contribution in [2.75, 3.05) is 4.90 Å². The van der Waals surface area contributed by atoms with Gasteiger partial charge in [0.15, 0.2) is 0 Å². The molecule has 3 N–H and O–H groups in total. The molecule has 1 aliphatic heterocycles. The van der Waals surface area contributed by atoms with E-state index in [-0.39, 0.29) is 11.5 Å². The molecule has 4 nitrogen and oxygen atoms in total. The Labute approximate surface area is 353 Å². The van der Waals surface area contributed by atoms with Gasteiger partial charge in [0.05, 0.1) is 17.0 Å². The van der Waals surface area contributed by atoms with Gasteiger partial charge >= 0.3 is 0 Å². The Hall–Kier alpha value is -6.00. The minimum absolute atomic E-state index is 0.269. The van der Waals surface area contributed by atoms with Gasteiger partial charge in [-0.25, -0.2) is 0 Å². The Balaban J connectivity index is 0.880. The van der Waals surface area contributed by atoms with Crippen molar-refractivity contribution in [3.63, 3.8) is 0 Å². The lowest BCUT2D eigenvalue weighted by molar-refractivity contribution is 0.422. The van der Waals surface area contributed by atoms with Crippen molar-refractivity contribution in [3.8, 4) is 11.1 Å². The highest BCUT2D eigenvalue weighted by Crippen LogP contribution is 2.67. The van der Waals surface area contributed by atoms with E-state index in [0.717, 1.165) is 19.3 Å². The van der Waals surface area contributed by atoms with Crippen molar-refractivity contribution in [1.29, 1.82) is 0 Å². The Bertz CT molecular complexity index is 2890. The minimum Gasteiger partial charge on any atom is -0.405 e. The van der Waals surface area contributed by atoms with Crippen LogP contribution in [0.2, 0.25) is 0 Å². The van der Waals surface area contributed by atoms with Crippen LogP contribution in [0.5, 0.6) is 0 Å². The van der Waals surface area contributed by atoms with Crippen molar-refractivity contribution in [1.82, 2.24) is 9.55 Å². The molecule has 4 aromatic carbocycles. The highest BCUT2D eigenvalue weighted by Gasteiger charge is 2.57. The first kappa shape index (κ1) is 34.8. The second kappa shape index (κ2) is 13.0. The van der Waals surface area contributed by atoms with Crippen LogP contribution in [0.1, 0.15) is 97.7 Å². The van der Waals surface area contributed by atoms with Gasteiger partial charge in [0, 0.05) is 57.2 Å². The largest absolute Gasteiger partial charge is 0.405 e. The molecule has 3 heterocycles. The van der Waals surface area contributed by atoms with E-state index in [9.17, 15) is 0 Å². The van der Waals surface area contributed by atoms with E-state index in [1.165, 1.54) is 104 Å². The zero-order chi connectivity index (χ0) is 39.7. The average molecular weight is 781 g/mol. The molecule has 0 saturated heterocycles. The highest BCUT2D eigenvalue weighted by atomic mass is 15.2. The van der Waals surface area contributed by atoms with Crippen LogP contribution in [0.15, 0.2) is 169 Å². The molecule has 0 amide bonds. The van der Waals surface area contributed by atoms with Crippen LogP contribution in [0.4, 0.5) is 5.69 Å². The molecule has 4 heteroatoms. The van der Waals surface area contributed by atoms with E-state index in [1.807, 2.05) is 0 Å². The third-order valence-electron chi connectivity index (χ3n) is 15.8. The number of anilines is 1. The quantitative estimate of drug-likeness (QED) is 0.165. The summed E-state index contributed by atoms with van der Waals surface area (Å²) in [6.07, 6.45) is 29.4. The number of allylic oxidation sites excluding steroid dienone is 8. The van der Waals surface area contributed by atoms with Gasteiger partial charge in [-0.2, -0.15) is 0 Å². The lowest BCUT2D eigenvalue weighted by Crippen LogP contribution is -2.37. The first-order chi connectivity index (χ1) is 29.7. The van der Waals surface area contributed by atoms with Crippen molar-refractivity contribution in [2.45, 2.75) is 81.2 Å². The number of hydrogen-bond donors (Lipinski definition) is 2. The summed E-state index contributed by atoms with van der Waals surface area (Å²) >= 11 is 0. The van der Waals surface area contributed by atoms with Crippen LogP contribution >= 0.6 is 0 Å². The van der Waals surface area contributed by atoms with Crippen molar-refractivity contribution in [3.05, 3.63) is 197 Å². The predicted octanol–water partition coefficient (Wildman–Crippen LogP) is 13.0. The fraction of sp³-hybridized carbons (Fsp3) is 0.286. The maximum absolute atomic E-state index is 6.13. The number of hydrogen-bond acceptors (Lipinski definition) is 2. The lowest BCUT2D eigenvalue weighted by atomic mass is 9.68. The maximum Gasteiger partial charge on any atom is 0.119 e. The topological polar surface area (TPSA) is 50.0 Å². The SMILES string of the molecule is CCC1C=CC2C(C3CC3)=C(/C=C\N)N(c3ccc(C4C=CC(n5c6ccccc6c6c7c([nH]c65)C5CC=CC=C5C75c6ccccc6-c6ccccc65)CC4)cc3)C2C1. The van der Waals surface area contributed by atoms with Crippen LogP contribution < -0.4 is 10.6 Å². The third kappa shape index (κ3) is 4.63. The predicted molar refractivity (Wildman–Crippen MR) is 247 cm³/mol. The number of benzene rings is 4. The molecule has 2 aromatic heterocycles. The summed E-state index contributed by atoms with van der Waals surface area (Å²) in [4.78, 5) is 6.85. The van der Waals surface area contributed by atoms with Gasteiger partial charge in [0.25, 0.3) is 0 Å². The van der Waals surface area contributed by atoms with Crippen molar-refractivity contribution < 1.29 is 0 Å².